The summed E-state index contributed by atoms with van der Waals surface area (Å²) in [6, 6.07) is 7.21. The van der Waals surface area contributed by atoms with E-state index in [1.165, 1.54) is 6.39 Å². The molecule has 8 nitrogen and oxygen atoms in total. The van der Waals surface area contributed by atoms with Gasteiger partial charge in [0.05, 0.1) is 5.69 Å². The standard InChI is InChI=1S/C17H20N6O2/c1-10-4-5-13(16-23-18-9-25-16)8-15(10)20-17(24)19-11(2)6-14-7-12(3)21-22-14/h4-5,7-9,11H,6H2,1-3H3,(H,21,22)(H2,19,20,24). The van der Waals surface area contributed by atoms with Gasteiger partial charge in [-0.15, -0.1) is 10.2 Å². The number of anilines is 1. The Morgan fingerprint density at radius 2 is 2.16 bits per heavy atom. The lowest BCUT2D eigenvalue weighted by Gasteiger charge is -2.15. The fraction of sp³-hybridized carbons (Fsp3) is 0.294. The summed E-state index contributed by atoms with van der Waals surface area (Å²) < 4.78 is 5.19. The van der Waals surface area contributed by atoms with E-state index < -0.39 is 0 Å². The monoisotopic (exact) mass is 340 g/mol. The van der Waals surface area contributed by atoms with Gasteiger partial charge in [0.2, 0.25) is 12.3 Å². The van der Waals surface area contributed by atoms with Gasteiger partial charge in [-0.1, -0.05) is 6.07 Å². The van der Waals surface area contributed by atoms with Crippen LogP contribution < -0.4 is 10.6 Å². The highest BCUT2D eigenvalue weighted by molar-refractivity contribution is 5.91. The maximum atomic E-state index is 12.3. The number of urea groups is 1. The molecule has 0 aliphatic rings. The van der Waals surface area contributed by atoms with Crippen molar-refractivity contribution in [2.24, 2.45) is 0 Å². The number of carbonyl (C=O) groups excluding carboxylic acids is 1. The zero-order chi connectivity index (χ0) is 17.8. The molecule has 0 aliphatic carbocycles. The lowest BCUT2D eigenvalue weighted by molar-refractivity contribution is 0.249. The average molecular weight is 340 g/mol. The van der Waals surface area contributed by atoms with Gasteiger partial charge >= 0.3 is 6.03 Å². The molecule has 0 aliphatic heterocycles. The van der Waals surface area contributed by atoms with Crippen LogP contribution in [0.4, 0.5) is 10.5 Å². The normalized spacial score (nSPS) is 12.0. The zero-order valence-corrected chi connectivity index (χ0v) is 14.3. The number of nitrogens with one attached hydrogen (secondary N) is 3. The number of hydrogen-bond donors (Lipinski definition) is 3. The number of H-pyrrole nitrogens is 1. The van der Waals surface area contributed by atoms with E-state index in [2.05, 4.69) is 31.0 Å². The van der Waals surface area contributed by atoms with E-state index in [1.54, 1.807) is 0 Å². The van der Waals surface area contributed by atoms with Crippen LogP contribution in [0.15, 0.2) is 35.1 Å². The molecule has 0 spiro atoms. The number of amides is 2. The van der Waals surface area contributed by atoms with E-state index in [9.17, 15) is 4.79 Å². The highest BCUT2D eigenvalue weighted by Gasteiger charge is 2.12. The zero-order valence-electron chi connectivity index (χ0n) is 14.3. The Morgan fingerprint density at radius 1 is 1.32 bits per heavy atom. The summed E-state index contributed by atoms with van der Waals surface area (Å²) in [6.07, 6.45) is 1.92. The lowest BCUT2D eigenvalue weighted by Crippen LogP contribution is -2.37. The molecular weight excluding hydrogens is 320 g/mol. The molecule has 2 amide bonds. The van der Waals surface area contributed by atoms with Crippen LogP contribution in [-0.4, -0.2) is 32.5 Å². The van der Waals surface area contributed by atoms with Crippen molar-refractivity contribution < 1.29 is 9.21 Å². The van der Waals surface area contributed by atoms with Gasteiger partial charge in [-0.3, -0.25) is 5.10 Å². The number of aromatic amines is 1. The van der Waals surface area contributed by atoms with E-state index in [0.29, 0.717) is 18.0 Å². The van der Waals surface area contributed by atoms with Crippen molar-refractivity contribution in [3.8, 4) is 11.5 Å². The molecule has 3 rings (SSSR count). The smallest absolute Gasteiger partial charge is 0.319 e. The first-order valence-corrected chi connectivity index (χ1v) is 7.97. The molecule has 2 heterocycles. The molecule has 130 valence electrons. The molecule has 0 bridgehead atoms. The van der Waals surface area contributed by atoms with Crippen LogP contribution in [0.1, 0.15) is 23.9 Å². The maximum Gasteiger partial charge on any atom is 0.319 e. The van der Waals surface area contributed by atoms with Crippen LogP contribution in [0.2, 0.25) is 0 Å². The second-order valence-electron chi connectivity index (χ2n) is 6.02. The molecule has 3 aromatic rings. The molecule has 0 radical (unpaired) electrons. The van der Waals surface area contributed by atoms with E-state index in [-0.39, 0.29) is 12.1 Å². The van der Waals surface area contributed by atoms with Gasteiger partial charge in [-0.05, 0) is 44.5 Å². The first-order chi connectivity index (χ1) is 12.0. The Balaban J connectivity index is 1.63. The van der Waals surface area contributed by atoms with Crippen molar-refractivity contribution >= 4 is 11.7 Å². The molecule has 0 fully saturated rings. The molecule has 1 unspecified atom stereocenters. The third-order valence-corrected chi connectivity index (χ3v) is 3.74. The fourth-order valence-corrected chi connectivity index (χ4v) is 2.51. The quantitative estimate of drug-likeness (QED) is 0.662. The fourth-order valence-electron chi connectivity index (χ4n) is 2.51. The van der Waals surface area contributed by atoms with Gasteiger partial charge in [0.15, 0.2) is 0 Å². The Labute approximate surface area is 145 Å². The molecule has 1 aromatic carbocycles. The average Bonchev–Trinajstić information content (AvgIpc) is 3.21. The van der Waals surface area contributed by atoms with Crippen molar-refractivity contribution in [2.45, 2.75) is 33.2 Å². The van der Waals surface area contributed by atoms with Crippen molar-refractivity contribution in [1.82, 2.24) is 25.7 Å². The number of aromatic nitrogens is 4. The van der Waals surface area contributed by atoms with E-state index >= 15 is 0 Å². The van der Waals surface area contributed by atoms with Gasteiger partial charge in [-0.2, -0.15) is 5.10 Å². The summed E-state index contributed by atoms with van der Waals surface area (Å²) in [6.45, 7) is 5.80. The van der Waals surface area contributed by atoms with E-state index in [1.807, 2.05) is 45.0 Å². The Morgan fingerprint density at radius 3 is 2.84 bits per heavy atom. The minimum atomic E-state index is -0.273. The second-order valence-corrected chi connectivity index (χ2v) is 6.02. The van der Waals surface area contributed by atoms with Crippen molar-refractivity contribution in [3.05, 3.63) is 47.6 Å². The third kappa shape index (κ3) is 4.23. The predicted octanol–water partition coefficient (Wildman–Crippen LogP) is 2.83. The summed E-state index contributed by atoms with van der Waals surface area (Å²) >= 11 is 0. The molecule has 1 atom stereocenters. The predicted molar refractivity (Wildman–Crippen MR) is 93.1 cm³/mol. The highest BCUT2D eigenvalue weighted by atomic mass is 16.4. The number of rotatable bonds is 5. The van der Waals surface area contributed by atoms with Gasteiger partial charge in [0, 0.05) is 29.4 Å². The topological polar surface area (TPSA) is 109 Å². The molecular formula is C17H20N6O2. The SMILES string of the molecule is Cc1cc(CC(C)NC(=O)Nc2cc(-c3nnco3)ccc2C)n[nH]1. The molecule has 0 saturated carbocycles. The van der Waals surface area contributed by atoms with E-state index in [4.69, 9.17) is 4.42 Å². The Kier molecular flexibility index (Phi) is 4.78. The minimum Gasteiger partial charge on any atom is -0.423 e. The van der Waals surface area contributed by atoms with Gasteiger partial charge in [0.1, 0.15) is 0 Å². The van der Waals surface area contributed by atoms with Crippen molar-refractivity contribution in [3.63, 3.8) is 0 Å². The Hall–Kier alpha value is -3.16. The summed E-state index contributed by atoms with van der Waals surface area (Å²) in [4.78, 5) is 12.3. The number of carbonyl (C=O) groups is 1. The first-order valence-electron chi connectivity index (χ1n) is 7.97. The number of aryl methyl sites for hydroxylation is 2. The van der Waals surface area contributed by atoms with Crippen molar-refractivity contribution in [1.29, 1.82) is 0 Å². The third-order valence-electron chi connectivity index (χ3n) is 3.74. The number of nitrogens with zero attached hydrogens (tertiary/aromatic N) is 3. The van der Waals surface area contributed by atoms with Crippen molar-refractivity contribution in [2.75, 3.05) is 5.32 Å². The van der Waals surface area contributed by atoms with Crippen LogP contribution in [0.25, 0.3) is 11.5 Å². The van der Waals surface area contributed by atoms with Crippen LogP contribution in [0.3, 0.4) is 0 Å². The lowest BCUT2D eigenvalue weighted by atomic mass is 10.1. The minimum absolute atomic E-state index is 0.0536. The number of hydrogen-bond acceptors (Lipinski definition) is 5. The Bertz CT molecular complexity index is 856. The number of benzene rings is 1. The summed E-state index contributed by atoms with van der Waals surface area (Å²) in [5.74, 6) is 0.408. The largest absolute Gasteiger partial charge is 0.423 e. The van der Waals surface area contributed by atoms with Crippen LogP contribution in [-0.2, 0) is 6.42 Å². The summed E-state index contributed by atoms with van der Waals surface area (Å²) in [7, 11) is 0. The summed E-state index contributed by atoms with van der Waals surface area (Å²) in [5, 5.41) is 20.4. The van der Waals surface area contributed by atoms with E-state index in [0.717, 1.165) is 22.5 Å². The molecule has 3 N–H and O–H groups in total. The van der Waals surface area contributed by atoms with Gasteiger partial charge < -0.3 is 15.1 Å². The van der Waals surface area contributed by atoms with Gasteiger partial charge in [0.25, 0.3) is 0 Å². The van der Waals surface area contributed by atoms with Gasteiger partial charge in [-0.25, -0.2) is 4.79 Å². The molecule has 0 saturated heterocycles. The molecule has 8 heteroatoms. The highest BCUT2D eigenvalue weighted by Crippen LogP contribution is 2.23. The van der Waals surface area contributed by atoms with Crippen LogP contribution in [0, 0.1) is 13.8 Å². The second kappa shape index (κ2) is 7.16. The maximum absolute atomic E-state index is 12.3. The molecule has 2 aromatic heterocycles. The first kappa shape index (κ1) is 16.7. The van der Waals surface area contributed by atoms with Crippen LogP contribution in [0.5, 0.6) is 0 Å². The van der Waals surface area contributed by atoms with Crippen LogP contribution >= 0.6 is 0 Å². The summed E-state index contributed by atoms with van der Waals surface area (Å²) in [5.41, 5.74) is 4.29. The molecule has 25 heavy (non-hydrogen) atoms.